The highest BCUT2D eigenvalue weighted by atomic mass is 19.1. The summed E-state index contributed by atoms with van der Waals surface area (Å²) in [6.07, 6.45) is 3.14. The molecule has 0 heterocycles. The van der Waals surface area contributed by atoms with Crippen LogP contribution < -0.4 is 4.74 Å². The number of ether oxygens (including phenoxy) is 1. The first-order valence-electron chi connectivity index (χ1n) is 9.20. The van der Waals surface area contributed by atoms with Gasteiger partial charge in [-0.05, 0) is 74.3 Å². The molecule has 1 fully saturated rings. The number of carboxylic acid groups (broad SMARTS) is 1. The SMILES string of the molecule is CC(C)Oc1ccc(F)c(-c2ccc(C3CC(CCC(=O)O)C3)cc2)c1. The molecule has 3 nitrogen and oxygen atoms in total. The summed E-state index contributed by atoms with van der Waals surface area (Å²) >= 11 is 0. The topological polar surface area (TPSA) is 46.5 Å². The van der Waals surface area contributed by atoms with Gasteiger partial charge in [0.25, 0.3) is 0 Å². The van der Waals surface area contributed by atoms with Crippen molar-refractivity contribution in [2.24, 2.45) is 5.92 Å². The second-order valence-corrected chi connectivity index (χ2v) is 7.40. The van der Waals surface area contributed by atoms with E-state index in [9.17, 15) is 9.18 Å². The average molecular weight is 356 g/mol. The van der Waals surface area contributed by atoms with Gasteiger partial charge in [-0.1, -0.05) is 24.3 Å². The van der Waals surface area contributed by atoms with Crippen molar-refractivity contribution in [2.75, 3.05) is 0 Å². The molecule has 1 aliphatic rings. The number of carbonyl (C=O) groups is 1. The minimum atomic E-state index is -0.719. The van der Waals surface area contributed by atoms with Crippen LogP contribution in [0, 0.1) is 11.7 Å². The normalized spacial score (nSPS) is 19.2. The molecule has 3 rings (SSSR count). The predicted octanol–water partition coefficient (Wildman–Crippen LogP) is 5.64. The van der Waals surface area contributed by atoms with Gasteiger partial charge in [-0.2, -0.15) is 0 Å². The van der Waals surface area contributed by atoms with Gasteiger partial charge in [-0.3, -0.25) is 4.79 Å². The minimum Gasteiger partial charge on any atom is -0.491 e. The molecular weight excluding hydrogens is 331 g/mol. The summed E-state index contributed by atoms with van der Waals surface area (Å²) in [7, 11) is 0. The zero-order valence-corrected chi connectivity index (χ0v) is 15.2. The zero-order valence-electron chi connectivity index (χ0n) is 15.2. The molecule has 0 saturated heterocycles. The van der Waals surface area contributed by atoms with Crippen LogP contribution in [0.3, 0.4) is 0 Å². The van der Waals surface area contributed by atoms with Crippen molar-refractivity contribution in [1.29, 1.82) is 0 Å². The number of benzene rings is 2. The van der Waals surface area contributed by atoms with Gasteiger partial charge in [-0.15, -0.1) is 0 Å². The number of halogens is 1. The molecule has 1 N–H and O–H groups in total. The smallest absolute Gasteiger partial charge is 0.303 e. The third-order valence-electron chi connectivity index (χ3n) is 5.00. The van der Waals surface area contributed by atoms with Crippen molar-refractivity contribution in [2.45, 2.75) is 51.6 Å². The fraction of sp³-hybridized carbons (Fsp3) is 0.409. The summed E-state index contributed by atoms with van der Waals surface area (Å²) in [5.74, 6) is 0.692. The number of carboxylic acids is 1. The maximum Gasteiger partial charge on any atom is 0.303 e. The molecule has 0 unspecified atom stereocenters. The lowest BCUT2D eigenvalue weighted by atomic mass is 9.69. The Morgan fingerprint density at radius 1 is 1.19 bits per heavy atom. The van der Waals surface area contributed by atoms with Crippen LogP contribution in [0.5, 0.6) is 5.75 Å². The zero-order chi connectivity index (χ0) is 18.7. The van der Waals surface area contributed by atoms with Crippen molar-refractivity contribution in [1.82, 2.24) is 0 Å². The molecule has 0 spiro atoms. The van der Waals surface area contributed by atoms with Gasteiger partial charge in [0.15, 0.2) is 0 Å². The monoisotopic (exact) mass is 356 g/mol. The number of hydrogen-bond acceptors (Lipinski definition) is 2. The Labute approximate surface area is 153 Å². The molecule has 0 aliphatic heterocycles. The first kappa shape index (κ1) is 18.4. The summed E-state index contributed by atoms with van der Waals surface area (Å²) in [6.45, 7) is 3.89. The standard InChI is InChI=1S/C22H25FO3/c1-14(2)26-19-8-9-21(23)20(13-19)17-6-4-16(5-7-17)18-11-15(12-18)3-10-22(24)25/h4-9,13-15,18H,3,10-12H2,1-2H3,(H,24,25). The molecule has 1 saturated carbocycles. The lowest BCUT2D eigenvalue weighted by Crippen LogP contribution is -2.22. The summed E-state index contributed by atoms with van der Waals surface area (Å²) in [5.41, 5.74) is 2.63. The maximum absolute atomic E-state index is 14.2. The van der Waals surface area contributed by atoms with E-state index in [1.165, 1.54) is 11.6 Å². The van der Waals surface area contributed by atoms with E-state index in [-0.39, 0.29) is 18.3 Å². The van der Waals surface area contributed by atoms with E-state index in [1.54, 1.807) is 12.1 Å². The number of rotatable bonds is 7. The molecular formula is C22H25FO3. The van der Waals surface area contributed by atoms with Gasteiger partial charge in [0.1, 0.15) is 11.6 Å². The van der Waals surface area contributed by atoms with Crippen LogP contribution in [0.2, 0.25) is 0 Å². The van der Waals surface area contributed by atoms with E-state index in [1.807, 2.05) is 26.0 Å². The Kier molecular flexibility index (Phi) is 5.60. The minimum absolute atomic E-state index is 0.0448. The van der Waals surface area contributed by atoms with Gasteiger partial charge >= 0.3 is 5.97 Å². The predicted molar refractivity (Wildman–Crippen MR) is 99.9 cm³/mol. The molecule has 0 bridgehead atoms. The number of hydrogen-bond donors (Lipinski definition) is 1. The highest BCUT2D eigenvalue weighted by Gasteiger charge is 2.30. The Morgan fingerprint density at radius 3 is 2.50 bits per heavy atom. The van der Waals surface area contributed by atoms with Crippen molar-refractivity contribution in [3.63, 3.8) is 0 Å². The van der Waals surface area contributed by atoms with Crippen molar-refractivity contribution < 1.29 is 19.0 Å². The summed E-state index contributed by atoms with van der Waals surface area (Å²) < 4.78 is 19.9. The first-order chi connectivity index (χ1) is 12.4. The maximum atomic E-state index is 14.2. The van der Waals surface area contributed by atoms with Crippen LogP contribution in [0.15, 0.2) is 42.5 Å². The van der Waals surface area contributed by atoms with Crippen LogP contribution in [-0.2, 0) is 4.79 Å². The van der Waals surface area contributed by atoms with Gasteiger partial charge in [0.05, 0.1) is 6.10 Å². The van der Waals surface area contributed by atoms with E-state index >= 15 is 0 Å². The highest BCUT2D eigenvalue weighted by molar-refractivity contribution is 5.67. The van der Waals surface area contributed by atoms with Crippen LogP contribution in [0.25, 0.3) is 11.1 Å². The summed E-state index contributed by atoms with van der Waals surface area (Å²) in [5, 5.41) is 8.75. The fourth-order valence-electron chi connectivity index (χ4n) is 3.58. The van der Waals surface area contributed by atoms with E-state index < -0.39 is 5.97 Å². The van der Waals surface area contributed by atoms with E-state index in [4.69, 9.17) is 9.84 Å². The van der Waals surface area contributed by atoms with Gasteiger partial charge in [0.2, 0.25) is 0 Å². The molecule has 26 heavy (non-hydrogen) atoms. The van der Waals surface area contributed by atoms with Crippen LogP contribution >= 0.6 is 0 Å². The Hall–Kier alpha value is -2.36. The first-order valence-corrected chi connectivity index (χ1v) is 9.20. The average Bonchev–Trinajstić information content (AvgIpc) is 2.55. The molecule has 2 aromatic rings. The molecule has 0 aromatic heterocycles. The quantitative estimate of drug-likeness (QED) is 0.698. The summed E-state index contributed by atoms with van der Waals surface area (Å²) in [4.78, 5) is 10.6. The third kappa shape index (κ3) is 4.43. The Morgan fingerprint density at radius 2 is 1.88 bits per heavy atom. The Bertz CT molecular complexity index is 761. The molecule has 2 aromatic carbocycles. The van der Waals surface area contributed by atoms with Crippen LogP contribution in [0.4, 0.5) is 4.39 Å². The fourth-order valence-corrected chi connectivity index (χ4v) is 3.58. The highest BCUT2D eigenvalue weighted by Crippen LogP contribution is 2.44. The summed E-state index contributed by atoms with van der Waals surface area (Å²) in [6, 6.07) is 12.9. The Balaban J connectivity index is 1.66. The van der Waals surface area contributed by atoms with Crippen molar-refractivity contribution in [3.8, 4) is 16.9 Å². The molecule has 1 aliphatic carbocycles. The van der Waals surface area contributed by atoms with E-state index in [2.05, 4.69) is 12.1 Å². The second-order valence-electron chi connectivity index (χ2n) is 7.40. The van der Waals surface area contributed by atoms with Crippen LogP contribution in [0.1, 0.15) is 51.0 Å². The largest absolute Gasteiger partial charge is 0.491 e. The molecule has 0 amide bonds. The van der Waals surface area contributed by atoms with E-state index in [0.717, 1.165) is 24.8 Å². The molecule has 0 radical (unpaired) electrons. The molecule has 138 valence electrons. The molecule has 0 atom stereocenters. The van der Waals surface area contributed by atoms with Gasteiger partial charge in [-0.25, -0.2) is 4.39 Å². The van der Waals surface area contributed by atoms with Crippen molar-refractivity contribution >= 4 is 5.97 Å². The van der Waals surface area contributed by atoms with E-state index in [0.29, 0.717) is 23.1 Å². The lowest BCUT2D eigenvalue weighted by molar-refractivity contribution is -0.137. The second kappa shape index (κ2) is 7.90. The van der Waals surface area contributed by atoms with Crippen LogP contribution in [-0.4, -0.2) is 17.2 Å². The van der Waals surface area contributed by atoms with Gasteiger partial charge < -0.3 is 9.84 Å². The number of aliphatic carboxylic acids is 1. The third-order valence-corrected chi connectivity index (χ3v) is 5.00. The lowest BCUT2D eigenvalue weighted by Gasteiger charge is -2.35. The molecule has 4 heteroatoms. The van der Waals surface area contributed by atoms with Gasteiger partial charge in [0, 0.05) is 12.0 Å². The van der Waals surface area contributed by atoms with Crippen molar-refractivity contribution in [3.05, 3.63) is 53.8 Å².